The van der Waals surface area contributed by atoms with E-state index in [0.29, 0.717) is 18.8 Å². The maximum atomic E-state index is 13.0. The molecule has 2 fully saturated rings. The highest BCUT2D eigenvalue weighted by molar-refractivity contribution is 7.89. The van der Waals surface area contributed by atoms with Crippen LogP contribution in [-0.4, -0.2) is 63.0 Å². The normalized spacial score (nSPS) is 19.7. The zero-order chi connectivity index (χ0) is 21.0. The van der Waals surface area contributed by atoms with Gasteiger partial charge in [-0.2, -0.15) is 4.31 Å². The van der Waals surface area contributed by atoms with Crippen molar-refractivity contribution in [3.05, 3.63) is 29.3 Å². The van der Waals surface area contributed by atoms with Crippen LogP contribution >= 0.6 is 0 Å². The minimum absolute atomic E-state index is 0.0666. The largest absolute Gasteiger partial charge is 0.449 e. The number of hydrogen-bond donors (Lipinski definition) is 1. The first-order chi connectivity index (χ1) is 13.8. The van der Waals surface area contributed by atoms with Gasteiger partial charge in [0.15, 0.2) is 6.10 Å². The third-order valence-corrected chi connectivity index (χ3v) is 7.41. The third-order valence-electron chi connectivity index (χ3n) is 5.37. The highest BCUT2D eigenvalue weighted by Crippen LogP contribution is 2.23. The van der Waals surface area contributed by atoms with Gasteiger partial charge in [-0.25, -0.2) is 13.2 Å². The van der Waals surface area contributed by atoms with Crippen LogP contribution < -0.4 is 5.32 Å². The van der Waals surface area contributed by atoms with E-state index in [2.05, 4.69) is 5.32 Å². The van der Waals surface area contributed by atoms with Crippen molar-refractivity contribution >= 4 is 21.9 Å². The topological polar surface area (TPSA) is 102 Å². The summed E-state index contributed by atoms with van der Waals surface area (Å²) < 4.78 is 37.8. The van der Waals surface area contributed by atoms with Crippen molar-refractivity contribution in [2.24, 2.45) is 0 Å². The third kappa shape index (κ3) is 5.15. The number of morpholine rings is 1. The second-order valence-electron chi connectivity index (χ2n) is 7.53. The molecule has 0 bridgehead atoms. The van der Waals surface area contributed by atoms with Gasteiger partial charge in [0.05, 0.1) is 23.7 Å². The van der Waals surface area contributed by atoms with E-state index in [-0.39, 0.29) is 35.5 Å². The van der Waals surface area contributed by atoms with Crippen molar-refractivity contribution in [2.45, 2.75) is 56.6 Å². The van der Waals surface area contributed by atoms with Gasteiger partial charge in [0.1, 0.15) is 0 Å². The fraction of sp³-hybridized carbons (Fsp3) is 0.600. The second-order valence-corrected chi connectivity index (χ2v) is 9.44. The molecule has 29 heavy (non-hydrogen) atoms. The molecule has 0 aromatic heterocycles. The molecule has 3 rings (SSSR count). The average molecular weight is 425 g/mol. The summed E-state index contributed by atoms with van der Waals surface area (Å²) in [4.78, 5) is 24.8. The zero-order valence-electron chi connectivity index (χ0n) is 16.8. The molecule has 1 saturated carbocycles. The molecule has 1 unspecified atom stereocenters. The molecule has 1 heterocycles. The summed E-state index contributed by atoms with van der Waals surface area (Å²) in [6, 6.07) is 4.54. The Morgan fingerprint density at radius 1 is 1.21 bits per heavy atom. The van der Waals surface area contributed by atoms with Crippen LogP contribution in [0.5, 0.6) is 0 Å². The first-order valence-corrected chi connectivity index (χ1v) is 11.4. The summed E-state index contributed by atoms with van der Waals surface area (Å²) in [6.07, 6.45) is 3.09. The molecule has 1 N–H and O–H groups in total. The van der Waals surface area contributed by atoms with Gasteiger partial charge in [-0.1, -0.05) is 18.9 Å². The van der Waals surface area contributed by atoms with E-state index in [0.717, 1.165) is 25.7 Å². The Kier molecular flexibility index (Phi) is 6.92. The van der Waals surface area contributed by atoms with Crippen molar-refractivity contribution in [3.8, 4) is 0 Å². The van der Waals surface area contributed by atoms with Crippen molar-refractivity contribution in [1.82, 2.24) is 9.62 Å². The lowest BCUT2D eigenvalue weighted by atomic mass is 10.1. The average Bonchev–Trinajstić information content (AvgIpc) is 3.21. The van der Waals surface area contributed by atoms with Crippen molar-refractivity contribution < 1.29 is 27.5 Å². The number of rotatable bonds is 6. The summed E-state index contributed by atoms with van der Waals surface area (Å²) in [5.41, 5.74) is 0.642. The highest BCUT2D eigenvalue weighted by Gasteiger charge is 2.29. The lowest BCUT2D eigenvalue weighted by Gasteiger charge is -2.26. The molecule has 8 nitrogen and oxygen atoms in total. The summed E-state index contributed by atoms with van der Waals surface area (Å²) in [5, 5.41) is 2.89. The number of esters is 1. The molecule has 160 valence electrons. The number of carbonyl (C=O) groups is 2. The lowest BCUT2D eigenvalue weighted by Crippen LogP contribution is -2.41. The molecule has 1 amide bonds. The number of amides is 1. The van der Waals surface area contributed by atoms with Crippen LogP contribution in [0, 0.1) is 6.92 Å². The minimum atomic E-state index is -3.74. The number of nitrogens with one attached hydrogen (secondary N) is 1. The fourth-order valence-corrected chi connectivity index (χ4v) is 5.26. The Labute approximate surface area is 171 Å². The van der Waals surface area contributed by atoms with E-state index >= 15 is 0 Å². The number of benzene rings is 1. The number of carbonyl (C=O) groups excluding carboxylic acids is 2. The van der Waals surface area contributed by atoms with Gasteiger partial charge in [-0.15, -0.1) is 0 Å². The molecule has 9 heteroatoms. The molecular formula is C20H28N2O6S. The predicted molar refractivity (Wildman–Crippen MR) is 106 cm³/mol. The van der Waals surface area contributed by atoms with Crippen LogP contribution in [0.3, 0.4) is 0 Å². The van der Waals surface area contributed by atoms with Gasteiger partial charge in [-0.05, 0) is 44.4 Å². The highest BCUT2D eigenvalue weighted by atomic mass is 32.2. The number of ether oxygens (including phenoxy) is 2. The lowest BCUT2D eigenvalue weighted by molar-refractivity contribution is -0.129. The van der Waals surface area contributed by atoms with Gasteiger partial charge in [0.25, 0.3) is 5.91 Å². The van der Waals surface area contributed by atoms with Crippen molar-refractivity contribution in [3.63, 3.8) is 0 Å². The standard InChI is InChI=1S/C20H28N2O6S/c1-14-7-8-16(13-18(14)29(25,26)22-9-11-27-12-10-22)20(24)28-15(2)19(23)21-17-5-3-4-6-17/h7-8,13,15,17H,3-6,9-12H2,1-2H3,(H,21,23). The van der Waals surface area contributed by atoms with Crippen molar-refractivity contribution in [2.75, 3.05) is 26.3 Å². The molecule has 1 aliphatic carbocycles. The van der Waals surface area contributed by atoms with Gasteiger partial charge < -0.3 is 14.8 Å². The van der Waals surface area contributed by atoms with E-state index in [1.54, 1.807) is 13.0 Å². The molecular weight excluding hydrogens is 396 g/mol. The molecule has 0 spiro atoms. The van der Waals surface area contributed by atoms with Gasteiger partial charge in [-0.3, -0.25) is 4.79 Å². The van der Waals surface area contributed by atoms with Crippen LogP contribution in [0.4, 0.5) is 0 Å². The minimum Gasteiger partial charge on any atom is -0.449 e. The molecule has 1 aliphatic heterocycles. The molecule has 2 aliphatic rings. The summed E-state index contributed by atoms with van der Waals surface area (Å²) in [7, 11) is -3.74. The first-order valence-electron chi connectivity index (χ1n) is 9.99. The van der Waals surface area contributed by atoms with Crippen LogP contribution in [0.25, 0.3) is 0 Å². The Morgan fingerprint density at radius 3 is 2.52 bits per heavy atom. The van der Waals surface area contributed by atoms with Gasteiger partial charge in [0, 0.05) is 19.1 Å². The Hall–Kier alpha value is -1.97. The SMILES string of the molecule is Cc1ccc(C(=O)OC(C)C(=O)NC2CCCC2)cc1S(=O)(=O)N1CCOCC1. The summed E-state index contributed by atoms with van der Waals surface area (Å²) in [6.45, 7) is 4.42. The molecule has 1 atom stereocenters. The van der Waals surface area contributed by atoms with E-state index in [1.807, 2.05) is 0 Å². The molecule has 0 radical (unpaired) electrons. The van der Waals surface area contributed by atoms with E-state index in [4.69, 9.17) is 9.47 Å². The smallest absolute Gasteiger partial charge is 0.338 e. The zero-order valence-corrected chi connectivity index (χ0v) is 17.7. The van der Waals surface area contributed by atoms with Crippen LogP contribution in [0.2, 0.25) is 0 Å². The van der Waals surface area contributed by atoms with Crippen molar-refractivity contribution in [1.29, 1.82) is 0 Å². The van der Waals surface area contributed by atoms with Crippen LogP contribution in [0.1, 0.15) is 48.5 Å². The number of sulfonamides is 1. The second kappa shape index (κ2) is 9.23. The Bertz CT molecular complexity index is 858. The summed E-state index contributed by atoms with van der Waals surface area (Å²) >= 11 is 0. The Morgan fingerprint density at radius 2 is 1.86 bits per heavy atom. The molecule has 1 aromatic rings. The Balaban J connectivity index is 1.71. The predicted octanol–water partition coefficient (Wildman–Crippen LogP) is 1.62. The van der Waals surface area contributed by atoms with E-state index in [9.17, 15) is 18.0 Å². The molecule has 1 aromatic carbocycles. The van der Waals surface area contributed by atoms with E-state index in [1.165, 1.54) is 23.4 Å². The number of hydrogen-bond acceptors (Lipinski definition) is 6. The maximum absolute atomic E-state index is 13.0. The van der Waals surface area contributed by atoms with Gasteiger partial charge >= 0.3 is 5.97 Å². The number of aryl methyl sites for hydroxylation is 1. The van der Waals surface area contributed by atoms with Crippen LogP contribution in [-0.2, 0) is 24.3 Å². The molecule has 1 saturated heterocycles. The van der Waals surface area contributed by atoms with Crippen LogP contribution in [0.15, 0.2) is 23.1 Å². The fourth-order valence-electron chi connectivity index (χ4n) is 3.60. The number of nitrogens with zero attached hydrogens (tertiary/aromatic N) is 1. The summed E-state index contributed by atoms with van der Waals surface area (Å²) in [5.74, 6) is -1.06. The van der Waals surface area contributed by atoms with Gasteiger partial charge in [0.2, 0.25) is 10.0 Å². The monoisotopic (exact) mass is 424 g/mol. The first kappa shape index (κ1) is 21.7. The quantitative estimate of drug-likeness (QED) is 0.697. The van der Waals surface area contributed by atoms with E-state index < -0.39 is 22.1 Å². The maximum Gasteiger partial charge on any atom is 0.338 e.